The molecule has 0 saturated carbocycles. The van der Waals surface area contributed by atoms with Crippen LogP contribution in [0.3, 0.4) is 0 Å². The number of carbonyl (C=O) groups is 1. The van der Waals surface area contributed by atoms with Crippen molar-refractivity contribution in [3.63, 3.8) is 0 Å². The number of rotatable bonds is 7. The maximum absolute atomic E-state index is 11.9. The number of nitrogens with zero attached hydrogens (tertiary/aromatic N) is 1. The van der Waals surface area contributed by atoms with Gasteiger partial charge < -0.3 is 10.6 Å². The Balaban J connectivity index is 0.00000242. The van der Waals surface area contributed by atoms with E-state index in [1.807, 2.05) is 25.3 Å². The minimum Gasteiger partial charge on any atom is -0.356 e. The van der Waals surface area contributed by atoms with Crippen molar-refractivity contribution in [2.45, 2.75) is 26.3 Å². The normalized spacial score (nSPS) is 17.0. The molecule has 2 heterocycles. The molecule has 1 unspecified atom stereocenters. The number of halogens is 2. The lowest BCUT2D eigenvalue weighted by Gasteiger charge is -2.31. The molecule has 1 saturated heterocycles. The summed E-state index contributed by atoms with van der Waals surface area (Å²) in [7, 11) is 1.88. The fourth-order valence-electron chi connectivity index (χ4n) is 2.79. The highest BCUT2D eigenvalue weighted by Crippen LogP contribution is 2.20. The third-order valence-electron chi connectivity index (χ3n) is 4.19. The first-order chi connectivity index (χ1) is 10.2. The molecule has 1 fully saturated rings. The smallest absolute Gasteiger partial charge is 0.224 e. The van der Waals surface area contributed by atoms with E-state index in [9.17, 15) is 4.79 Å². The van der Waals surface area contributed by atoms with Gasteiger partial charge in [-0.2, -0.15) is 0 Å². The van der Waals surface area contributed by atoms with Crippen LogP contribution in [0.25, 0.3) is 0 Å². The van der Waals surface area contributed by atoms with E-state index in [0.717, 1.165) is 32.7 Å². The number of nitrogens with one attached hydrogen (secondary N) is 2. The molecule has 1 aromatic rings. The predicted molar refractivity (Wildman–Crippen MR) is 103 cm³/mol. The summed E-state index contributed by atoms with van der Waals surface area (Å²) in [5, 5.41) is 8.29. The highest BCUT2D eigenvalue weighted by Gasteiger charge is 2.20. The van der Waals surface area contributed by atoms with Crippen molar-refractivity contribution in [1.82, 2.24) is 15.5 Å². The Morgan fingerprint density at radius 2 is 2.09 bits per heavy atom. The van der Waals surface area contributed by atoms with Gasteiger partial charge in [-0.1, -0.05) is 13.0 Å². The average molecular weight is 382 g/mol. The van der Waals surface area contributed by atoms with E-state index in [4.69, 9.17) is 0 Å². The Bertz CT molecular complexity index is 423. The van der Waals surface area contributed by atoms with Crippen LogP contribution in [-0.4, -0.2) is 44.0 Å². The van der Waals surface area contributed by atoms with Crippen LogP contribution in [0, 0.1) is 11.8 Å². The van der Waals surface area contributed by atoms with Crippen molar-refractivity contribution in [2.75, 3.05) is 33.2 Å². The van der Waals surface area contributed by atoms with Gasteiger partial charge in [-0.05, 0) is 50.3 Å². The van der Waals surface area contributed by atoms with Crippen molar-refractivity contribution in [1.29, 1.82) is 0 Å². The molecular formula is C16H29Cl2N3OS. The zero-order valence-corrected chi connectivity index (χ0v) is 16.4. The molecule has 0 spiro atoms. The highest BCUT2D eigenvalue weighted by atomic mass is 35.5. The lowest BCUT2D eigenvalue weighted by molar-refractivity contribution is -0.124. The van der Waals surface area contributed by atoms with Gasteiger partial charge in [0.1, 0.15) is 0 Å². The molecule has 134 valence electrons. The Labute approximate surface area is 156 Å². The Morgan fingerprint density at radius 1 is 1.39 bits per heavy atom. The molecule has 1 amide bonds. The minimum atomic E-state index is 0. The molecule has 4 nitrogen and oxygen atoms in total. The van der Waals surface area contributed by atoms with Crippen molar-refractivity contribution >= 4 is 42.1 Å². The molecule has 23 heavy (non-hydrogen) atoms. The van der Waals surface area contributed by atoms with Crippen molar-refractivity contribution < 1.29 is 4.79 Å². The van der Waals surface area contributed by atoms with Crippen LogP contribution in [0.15, 0.2) is 17.5 Å². The van der Waals surface area contributed by atoms with E-state index >= 15 is 0 Å². The van der Waals surface area contributed by atoms with Gasteiger partial charge in [0, 0.05) is 30.4 Å². The van der Waals surface area contributed by atoms with E-state index in [-0.39, 0.29) is 36.6 Å². The topological polar surface area (TPSA) is 44.4 Å². The third-order valence-corrected chi connectivity index (χ3v) is 5.05. The second-order valence-electron chi connectivity index (χ2n) is 6.00. The van der Waals surface area contributed by atoms with Crippen molar-refractivity contribution in [3.05, 3.63) is 22.4 Å². The van der Waals surface area contributed by atoms with Crippen LogP contribution in [-0.2, 0) is 11.3 Å². The van der Waals surface area contributed by atoms with E-state index in [0.29, 0.717) is 5.92 Å². The number of amides is 1. The van der Waals surface area contributed by atoms with Gasteiger partial charge in [0.2, 0.25) is 5.91 Å². The first kappa shape index (κ1) is 22.7. The minimum absolute atomic E-state index is 0. The lowest BCUT2D eigenvalue weighted by Crippen LogP contribution is -2.40. The third kappa shape index (κ3) is 7.86. The van der Waals surface area contributed by atoms with Crippen LogP contribution in [0.1, 0.15) is 24.6 Å². The summed E-state index contributed by atoms with van der Waals surface area (Å²) in [4.78, 5) is 15.9. The molecule has 0 aromatic carbocycles. The number of piperidine rings is 1. The maximum Gasteiger partial charge on any atom is 0.224 e. The molecule has 2 rings (SSSR count). The average Bonchev–Trinajstić information content (AvgIpc) is 2.99. The summed E-state index contributed by atoms with van der Waals surface area (Å²) >= 11 is 1.83. The van der Waals surface area contributed by atoms with Gasteiger partial charge in [-0.3, -0.25) is 9.69 Å². The van der Waals surface area contributed by atoms with Gasteiger partial charge in [0.15, 0.2) is 0 Å². The number of likely N-dealkylation sites (tertiary alicyclic amines) is 1. The lowest BCUT2D eigenvalue weighted by atomic mass is 9.96. The standard InChI is InChI=1S/C16H27N3OS.2ClH/c1-13(10-17-2)16(20)18-11-14-5-7-19(8-6-14)12-15-4-3-9-21-15;;/h3-4,9,13-14,17H,5-8,10-12H2,1-2H3,(H,18,20);2*1H. The fourth-order valence-corrected chi connectivity index (χ4v) is 3.54. The van der Waals surface area contributed by atoms with Gasteiger partial charge >= 0.3 is 0 Å². The van der Waals surface area contributed by atoms with E-state index in [1.165, 1.54) is 17.7 Å². The molecule has 1 aliphatic rings. The molecule has 0 radical (unpaired) electrons. The quantitative estimate of drug-likeness (QED) is 0.762. The van der Waals surface area contributed by atoms with E-state index in [2.05, 4.69) is 33.0 Å². The molecule has 7 heteroatoms. The van der Waals surface area contributed by atoms with Gasteiger partial charge in [-0.15, -0.1) is 36.2 Å². The second-order valence-corrected chi connectivity index (χ2v) is 7.04. The first-order valence-corrected chi connectivity index (χ1v) is 8.74. The molecule has 0 bridgehead atoms. The fraction of sp³-hybridized carbons (Fsp3) is 0.688. The number of hydrogen-bond acceptors (Lipinski definition) is 4. The van der Waals surface area contributed by atoms with Crippen LogP contribution >= 0.6 is 36.2 Å². The maximum atomic E-state index is 11.9. The van der Waals surface area contributed by atoms with Crippen LogP contribution in [0.4, 0.5) is 0 Å². The van der Waals surface area contributed by atoms with E-state index < -0.39 is 0 Å². The highest BCUT2D eigenvalue weighted by molar-refractivity contribution is 7.09. The molecule has 1 aliphatic heterocycles. The first-order valence-electron chi connectivity index (χ1n) is 7.86. The number of hydrogen-bond donors (Lipinski definition) is 2. The van der Waals surface area contributed by atoms with Gasteiger partial charge in [0.05, 0.1) is 0 Å². The molecule has 2 N–H and O–H groups in total. The van der Waals surface area contributed by atoms with Crippen molar-refractivity contribution in [3.8, 4) is 0 Å². The summed E-state index contributed by atoms with van der Waals surface area (Å²) in [5.74, 6) is 0.856. The summed E-state index contributed by atoms with van der Waals surface area (Å²) in [5.41, 5.74) is 0. The van der Waals surface area contributed by atoms with Crippen LogP contribution in [0.2, 0.25) is 0 Å². The predicted octanol–water partition coefficient (Wildman–Crippen LogP) is 2.78. The molecule has 0 aliphatic carbocycles. The summed E-state index contributed by atoms with van der Waals surface area (Å²) in [6, 6.07) is 4.33. The Morgan fingerprint density at radius 3 is 2.65 bits per heavy atom. The Hall–Kier alpha value is -0.330. The van der Waals surface area contributed by atoms with Gasteiger partial charge in [0.25, 0.3) is 0 Å². The summed E-state index contributed by atoms with van der Waals surface area (Å²) in [6.07, 6.45) is 2.37. The summed E-state index contributed by atoms with van der Waals surface area (Å²) in [6.45, 7) is 6.91. The monoisotopic (exact) mass is 381 g/mol. The number of carbonyl (C=O) groups excluding carboxylic acids is 1. The van der Waals surface area contributed by atoms with Crippen LogP contribution in [0.5, 0.6) is 0 Å². The molecule has 1 aromatic heterocycles. The number of thiophene rings is 1. The van der Waals surface area contributed by atoms with Gasteiger partial charge in [-0.25, -0.2) is 0 Å². The summed E-state index contributed by atoms with van der Waals surface area (Å²) < 4.78 is 0. The largest absolute Gasteiger partial charge is 0.356 e. The Kier molecular flexibility index (Phi) is 11.9. The van der Waals surface area contributed by atoms with Crippen LogP contribution < -0.4 is 10.6 Å². The zero-order chi connectivity index (χ0) is 15.1. The van der Waals surface area contributed by atoms with Crippen molar-refractivity contribution in [2.24, 2.45) is 11.8 Å². The SMILES string of the molecule is CNCC(C)C(=O)NCC1CCN(Cc2cccs2)CC1.Cl.Cl. The molecular weight excluding hydrogens is 353 g/mol. The molecule has 1 atom stereocenters. The van der Waals surface area contributed by atoms with E-state index in [1.54, 1.807) is 0 Å². The second kappa shape index (κ2) is 12.1. The zero-order valence-electron chi connectivity index (χ0n) is 13.9.